The van der Waals surface area contributed by atoms with Crippen LogP contribution in [0.2, 0.25) is 0 Å². The van der Waals surface area contributed by atoms with E-state index in [2.05, 4.69) is 149 Å². The molecule has 106 heavy (non-hydrogen) atoms. The summed E-state index contributed by atoms with van der Waals surface area (Å²) in [5.41, 5.74) is 0. The summed E-state index contributed by atoms with van der Waals surface area (Å²) in [5, 5.41) is 10.6. The Labute approximate surface area is 642 Å². The molecule has 0 heterocycles. The summed E-state index contributed by atoms with van der Waals surface area (Å²) in [6, 6.07) is 0. The monoisotopic (exact) mass is 1520 g/mol. The van der Waals surface area contributed by atoms with Crippen molar-refractivity contribution in [1.82, 2.24) is 0 Å². The maximum Gasteiger partial charge on any atom is 0.472 e. The zero-order chi connectivity index (χ0) is 77.4. The number of carbonyl (C=O) groups excluding carboxylic acids is 4. The molecule has 0 saturated heterocycles. The van der Waals surface area contributed by atoms with Gasteiger partial charge in [-0.15, -0.1) is 0 Å². The molecule has 5 atom stereocenters. The molecule has 0 aromatic rings. The average molecular weight is 1520 g/mol. The zero-order valence-corrected chi connectivity index (χ0v) is 67.8. The zero-order valence-electron chi connectivity index (χ0n) is 66.1. The van der Waals surface area contributed by atoms with Crippen molar-refractivity contribution in [3.63, 3.8) is 0 Å². The third kappa shape index (κ3) is 76.9. The molecule has 0 aliphatic carbocycles. The minimum atomic E-state index is -5.02. The van der Waals surface area contributed by atoms with Gasteiger partial charge in [0.15, 0.2) is 12.2 Å². The number of aliphatic hydroxyl groups excluding tert-OH is 1. The minimum absolute atomic E-state index is 0.0150. The van der Waals surface area contributed by atoms with Crippen LogP contribution in [0.25, 0.3) is 0 Å². The molecule has 0 bridgehead atoms. The van der Waals surface area contributed by atoms with Crippen molar-refractivity contribution in [3.05, 3.63) is 158 Å². The second-order valence-corrected chi connectivity index (χ2v) is 29.5. The van der Waals surface area contributed by atoms with Crippen LogP contribution in [0.5, 0.6) is 0 Å². The van der Waals surface area contributed by atoms with Crippen molar-refractivity contribution in [2.75, 3.05) is 39.6 Å². The highest BCUT2D eigenvalue weighted by Crippen LogP contribution is 2.45. The Hall–Kier alpha value is -5.32. The van der Waals surface area contributed by atoms with Crippen molar-refractivity contribution in [2.45, 2.75) is 329 Å². The van der Waals surface area contributed by atoms with Crippen LogP contribution in [-0.4, -0.2) is 96.7 Å². The summed E-state index contributed by atoms with van der Waals surface area (Å²) < 4.78 is 68.5. The summed E-state index contributed by atoms with van der Waals surface area (Å²) in [5.74, 6) is -2.38. The molecule has 0 aromatic heterocycles. The molecule has 19 heteroatoms. The third-order valence-corrected chi connectivity index (χ3v) is 18.4. The standard InChI is InChI=1S/C87H144O17P2/c1-5-9-13-17-21-25-29-33-36-38-40-42-45-48-52-56-60-64-68-72-85(90)98-78-83(104-87(92)74-70-66-62-58-54-50-46-43-41-39-37-34-30-26-22-18-14-10-6-2)80-102-106(95,96)100-76-81(88)75-99-105(93,94)101-79-82(77-97-84(89)71-67-63-59-55-51-47-32-28-24-20-16-12-8-4)103-86(91)73-69-65-61-57-53-49-44-35-31-27-23-19-15-11-7-3/h9-10,13-14,21-22,25-26,28,32-34,36-37,40-43,48,50,52,54,60,62,64,66,81-83,88H,5-8,11-12,15-20,23-24,27,29-31,35,38-39,44-47,49,51,53,55-59,61,63,65,67-80H2,1-4H3,(H,93,94)(H,95,96)/b13-9-,14-10-,25-21-,26-22-,32-28-,36-33-,37-34-,42-40-,43-41-,52-48-,54-50-,64-60-,66-62-/t81-,82+,83+/m0/s1. The van der Waals surface area contributed by atoms with E-state index in [1.165, 1.54) is 89.9 Å². The molecule has 0 radical (unpaired) electrons. The maximum atomic E-state index is 13.1. The summed E-state index contributed by atoms with van der Waals surface area (Å²) >= 11 is 0. The Kier molecular flexibility index (Phi) is 73.9. The van der Waals surface area contributed by atoms with Crippen LogP contribution in [0.3, 0.4) is 0 Å². The molecule has 0 amide bonds. The molecule has 17 nitrogen and oxygen atoms in total. The van der Waals surface area contributed by atoms with Crippen molar-refractivity contribution in [3.8, 4) is 0 Å². The first-order valence-corrected chi connectivity index (χ1v) is 43.7. The fraction of sp³-hybridized carbons (Fsp3) is 0.655. The number of allylic oxidation sites excluding steroid dienone is 26. The topological polar surface area (TPSA) is 237 Å². The van der Waals surface area contributed by atoms with Gasteiger partial charge in [-0.1, -0.05) is 314 Å². The lowest BCUT2D eigenvalue weighted by Gasteiger charge is -2.21. The van der Waals surface area contributed by atoms with E-state index in [0.29, 0.717) is 38.5 Å². The molecule has 0 aromatic carbocycles. The highest BCUT2D eigenvalue weighted by Gasteiger charge is 2.30. The Morgan fingerprint density at radius 3 is 0.840 bits per heavy atom. The van der Waals surface area contributed by atoms with E-state index in [1.54, 1.807) is 0 Å². The quantitative estimate of drug-likeness (QED) is 0.0169. The molecule has 0 fully saturated rings. The van der Waals surface area contributed by atoms with Gasteiger partial charge in [0.1, 0.15) is 19.3 Å². The van der Waals surface area contributed by atoms with E-state index in [9.17, 15) is 43.2 Å². The Morgan fingerprint density at radius 2 is 0.509 bits per heavy atom. The molecule has 3 N–H and O–H groups in total. The van der Waals surface area contributed by atoms with Crippen LogP contribution in [0.15, 0.2) is 158 Å². The lowest BCUT2D eigenvalue weighted by Crippen LogP contribution is -2.30. The highest BCUT2D eigenvalue weighted by atomic mass is 31.2. The number of phosphoric ester groups is 2. The van der Waals surface area contributed by atoms with Crippen LogP contribution < -0.4 is 0 Å². The SMILES string of the molecule is CC/C=C\C/C=C\C/C=C\C/C=C\C/C=C\C/C=C\CCC(=O)OC[C@H](COP(=O)(O)OC[C@@H](O)COP(=O)(O)OC[C@@H](COC(=O)CCCCCCC/C=C\CCCCCC)OC(=O)CCCCCCCCCCCCCCCCC)OC(=O)CC/C=C\C/C=C\C/C=C\C/C=C\C/C=C\C/C=C\CC. The number of unbranched alkanes of at least 4 members (excludes halogenated alkanes) is 23. The first kappa shape index (κ1) is 101. The van der Waals surface area contributed by atoms with Crippen LogP contribution in [0.1, 0.15) is 310 Å². The van der Waals surface area contributed by atoms with Gasteiger partial charge in [0, 0.05) is 25.7 Å². The predicted molar refractivity (Wildman–Crippen MR) is 436 cm³/mol. The number of rotatable bonds is 75. The summed E-state index contributed by atoms with van der Waals surface area (Å²) in [6.07, 6.45) is 91.1. The molecule has 0 aliphatic heterocycles. The Balaban J connectivity index is 5.51. The van der Waals surface area contributed by atoms with Crippen LogP contribution in [-0.2, 0) is 65.4 Å². The van der Waals surface area contributed by atoms with Gasteiger partial charge in [0.25, 0.3) is 0 Å². The molecular weight excluding hydrogens is 1380 g/mol. The average Bonchev–Trinajstić information content (AvgIpc) is 0.903. The summed E-state index contributed by atoms with van der Waals surface area (Å²) in [4.78, 5) is 73.0. The lowest BCUT2D eigenvalue weighted by atomic mass is 10.0. The fourth-order valence-corrected chi connectivity index (χ4v) is 12.0. The molecule has 2 unspecified atom stereocenters. The highest BCUT2D eigenvalue weighted by molar-refractivity contribution is 7.47. The Bertz CT molecular complexity index is 2630. The fourth-order valence-electron chi connectivity index (χ4n) is 10.4. The number of phosphoric acid groups is 2. The molecule has 0 saturated carbocycles. The number of hydrogen-bond donors (Lipinski definition) is 3. The predicted octanol–water partition coefficient (Wildman–Crippen LogP) is 24.0. The van der Waals surface area contributed by atoms with E-state index in [0.717, 1.165) is 128 Å². The van der Waals surface area contributed by atoms with Crippen molar-refractivity contribution < 1.29 is 80.2 Å². The summed E-state index contributed by atoms with van der Waals surface area (Å²) in [7, 11) is -10.0. The number of hydrogen-bond acceptors (Lipinski definition) is 15. The van der Waals surface area contributed by atoms with E-state index >= 15 is 0 Å². The van der Waals surface area contributed by atoms with Gasteiger partial charge in [0.2, 0.25) is 0 Å². The van der Waals surface area contributed by atoms with Crippen LogP contribution in [0, 0.1) is 0 Å². The number of esters is 4. The van der Waals surface area contributed by atoms with Crippen molar-refractivity contribution in [1.29, 1.82) is 0 Å². The number of aliphatic hydroxyl groups is 1. The van der Waals surface area contributed by atoms with Crippen molar-refractivity contribution in [2.24, 2.45) is 0 Å². The lowest BCUT2D eigenvalue weighted by molar-refractivity contribution is -0.161. The van der Waals surface area contributed by atoms with E-state index < -0.39 is 97.5 Å². The van der Waals surface area contributed by atoms with Gasteiger partial charge >= 0.3 is 39.5 Å². The van der Waals surface area contributed by atoms with E-state index in [1.807, 2.05) is 36.5 Å². The number of ether oxygens (including phenoxy) is 4. The molecule has 0 aliphatic rings. The normalized spacial score (nSPS) is 14.7. The van der Waals surface area contributed by atoms with Gasteiger partial charge in [-0.3, -0.25) is 37.3 Å². The van der Waals surface area contributed by atoms with Gasteiger partial charge in [0.05, 0.1) is 26.4 Å². The van der Waals surface area contributed by atoms with E-state index in [4.69, 9.17) is 37.0 Å². The Morgan fingerprint density at radius 1 is 0.274 bits per heavy atom. The van der Waals surface area contributed by atoms with E-state index in [-0.39, 0.29) is 25.7 Å². The van der Waals surface area contributed by atoms with Gasteiger partial charge in [-0.05, 0) is 128 Å². The van der Waals surface area contributed by atoms with Gasteiger partial charge < -0.3 is 33.8 Å². The summed E-state index contributed by atoms with van der Waals surface area (Å²) in [6.45, 7) is 4.46. The largest absolute Gasteiger partial charge is 0.472 e. The molecule has 0 rings (SSSR count). The molecular formula is C87H144O17P2. The first-order valence-electron chi connectivity index (χ1n) is 40.7. The van der Waals surface area contributed by atoms with Gasteiger partial charge in [-0.25, -0.2) is 9.13 Å². The smallest absolute Gasteiger partial charge is 0.462 e. The van der Waals surface area contributed by atoms with Crippen molar-refractivity contribution >= 4 is 39.5 Å². The van der Waals surface area contributed by atoms with Crippen LogP contribution >= 0.6 is 15.6 Å². The van der Waals surface area contributed by atoms with Gasteiger partial charge in [-0.2, -0.15) is 0 Å². The third-order valence-electron chi connectivity index (χ3n) is 16.5. The van der Waals surface area contributed by atoms with Crippen LogP contribution in [0.4, 0.5) is 0 Å². The first-order chi connectivity index (χ1) is 51.7. The second-order valence-electron chi connectivity index (χ2n) is 26.6. The number of carbonyl (C=O) groups is 4. The second kappa shape index (κ2) is 77.8. The minimum Gasteiger partial charge on any atom is -0.462 e. The maximum absolute atomic E-state index is 13.1. The molecule has 0 spiro atoms. The molecule has 604 valence electrons.